The first kappa shape index (κ1) is 17.5. The van der Waals surface area contributed by atoms with Gasteiger partial charge in [-0.3, -0.25) is 9.59 Å². The zero-order valence-electron chi connectivity index (χ0n) is 12.4. The fourth-order valence-corrected chi connectivity index (χ4v) is 1.93. The molecule has 6 heteroatoms. The minimum absolute atomic E-state index is 0.0287. The van der Waals surface area contributed by atoms with Crippen LogP contribution in [0.1, 0.15) is 12.5 Å². The smallest absolute Gasteiger partial charge is 0.224 e. The van der Waals surface area contributed by atoms with Crippen LogP contribution >= 0.6 is 11.6 Å². The third-order valence-electron chi connectivity index (χ3n) is 2.99. The van der Waals surface area contributed by atoms with Crippen molar-refractivity contribution in [2.45, 2.75) is 13.3 Å². The molecular formula is C15H21ClN2O3. The first-order valence-electron chi connectivity index (χ1n) is 6.78. The van der Waals surface area contributed by atoms with Crippen LogP contribution in [0.25, 0.3) is 0 Å². The monoisotopic (exact) mass is 312 g/mol. The van der Waals surface area contributed by atoms with Crippen LogP contribution in [-0.4, -0.2) is 50.1 Å². The van der Waals surface area contributed by atoms with E-state index in [0.717, 1.165) is 5.56 Å². The Morgan fingerprint density at radius 1 is 1.24 bits per heavy atom. The second-order valence-corrected chi connectivity index (χ2v) is 5.09. The van der Waals surface area contributed by atoms with Crippen molar-refractivity contribution in [2.24, 2.45) is 0 Å². The number of nitrogens with zero attached hydrogens (tertiary/aromatic N) is 1. The Labute approximate surface area is 130 Å². The summed E-state index contributed by atoms with van der Waals surface area (Å²) in [5.41, 5.74) is 0.903. The van der Waals surface area contributed by atoms with Gasteiger partial charge >= 0.3 is 0 Å². The van der Waals surface area contributed by atoms with Crippen molar-refractivity contribution in [3.8, 4) is 0 Å². The zero-order valence-corrected chi connectivity index (χ0v) is 13.2. The van der Waals surface area contributed by atoms with Crippen LogP contribution in [0, 0.1) is 0 Å². The van der Waals surface area contributed by atoms with E-state index in [0.29, 0.717) is 37.7 Å². The molecule has 0 saturated heterocycles. The Hall–Kier alpha value is -1.59. The highest BCUT2D eigenvalue weighted by atomic mass is 35.5. The van der Waals surface area contributed by atoms with Crippen LogP contribution in [-0.2, 0) is 20.7 Å². The predicted molar refractivity (Wildman–Crippen MR) is 82.3 cm³/mol. The zero-order chi connectivity index (χ0) is 15.7. The Balaban J connectivity index is 2.31. The maximum absolute atomic E-state index is 11.8. The van der Waals surface area contributed by atoms with Crippen LogP contribution < -0.4 is 5.32 Å². The molecule has 0 heterocycles. The molecule has 2 amide bonds. The molecule has 0 spiro atoms. The molecule has 21 heavy (non-hydrogen) atoms. The minimum atomic E-state index is -0.0763. The number of benzene rings is 1. The maximum atomic E-state index is 11.8. The molecule has 0 bridgehead atoms. The average molecular weight is 313 g/mol. The van der Waals surface area contributed by atoms with Gasteiger partial charge in [-0.05, 0) is 17.7 Å². The molecule has 1 rings (SSSR count). The second kappa shape index (κ2) is 9.37. The predicted octanol–water partition coefficient (Wildman–Crippen LogP) is 1.49. The van der Waals surface area contributed by atoms with Crippen molar-refractivity contribution in [1.29, 1.82) is 0 Å². The molecule has 0 atom stereocenters. The van der Waals surface area contributed by atoms with Crippen molar-refractivity contribution in [3.63, 3.8) is 0 Å². The molecule has 1 aromatic rings. The normalized spacial score (nSPS) is 10.2. The topological polar surface area (TPSA) is 58.6 Å². The molecule has 116 valence electrons. The molecule has 0 saturated carbocycles. The number of hydrogen-bond donors (Lipinski definition) is 1. The molecule has 5 nitrogen and oxygen atoms in total. The van der Waals surface area contributed by atoms with Crippen molar-refractivity contribution >= 4 is 23.4 Å². The van der Waals surface area contributed by atoms with Gasteiger partial charge in [-0.15, -0.1) is 0 Å². The third-order valence-corrected chi connectivity index (χ3v) is 3.24. The molecule has 1 aromatic carbocycles. The lowest BCUT2D eigenvalue weighted by Gasteiger charge is -2.20. The van der Waals surface area contributed by atoms with Gasteiger partial charge < -0.3 is 15.0 Å². The van der Waals surface area contributed by atoms with E-state index in [-0.39, 0.29) is 11.8 Å². The van der Waals surface area contributed by atoms with E-state index in [1.807, 2.05) is 12.1 Å². The second-order valence-electron chi connectivity index (χ2n) is 4.65. The van der Waals surface area contributed by atoms with Crippen molar-refractivity contribution in [3.05, 3.63) is 34.9 Å². The molecule has 0 aromatic heterocycles. The van der Waals surface area contributed by atoms with E-state index in [1.165, 1.54) is 6.92 Å². The molecule has 0 aliphatic heterocycles. The van der Waals surface area contributed by atoms with Gasteiger partial charge in [0.25, 0.3) is 0 Å². The van der Waals surface area contributed by atoms with Gasteiger partial charge in [-0.25, -0.2) is 0 Å². The van der Waals surface area contributed by atoms with Gasteiger partial charge in [0.15, 0.2) is 0 Å². The number of nitrogens with one attached hydrogen (secondary N) is 1. The summed E-state index contributed by atoms with van der Waals surface area (Å²) >= 11 is 5.79. The SMILES string of the molecule is COCCN(CCNC(=O)Cc1ccc(Cl)cc1)C(C)=O. The van der Waals surface area contributed by atoms with Gasteiger partial charge in [0.1, 0.15) is 0 Å². The molecule has 0 aliphatic rings. The molecule has 0 fully saturated rings. The van der Waals surface area contributed by atoms with Crippen LogP contribution in [0.15, 0.2) is 24.3 Å². The number of carbonyl (C=O) groups excluding carboxylic acids is 2. The average Bonchev–Trinajstić information content (AvgIpc) is 2.44. The maximum Gasteiger partial charge on any atom is 0.224 e. The third kappa shape index (κ3) is 7.11. The van der Waals surface area contributed by atoms with E-state index in [2.05, 4.69) is 5.32 Å². The van der Waals surface area contributed by atoms with E-state index >= 15 is 0 Å². The molecule has 1 N–H and O–H groups in total. The van der Waals surface area contributed by atoms with Gasteiger partial charge in [0.2, 0.25) is 11.8 Å². The summed E-state index contributed by atoms with van der Waals surface area (Å²) in [7, 11) is 1.59. The van der Waals surface area contributed by atoms with E-state index in [4.69, 9.17) is 16.3 Å². The van der Waals surface area contributed by atoms with Gasteiger partial charge in [-0.2, -0.15) is 0 Å². The summed E-state index contributed by atoms with van der Waals surface area (Å²) in [6.07, 6.45) is 0.301. The van der Waals surface area contributed by atoms with Crippen LogP contribution in [0.4, 0.5) is 0 Å². The number of halogens is 1. The Morgan fingerprint density at radius 2 is 1.90 bits per heavy atom. The van der Waals surface area contributed by atoms with Gasteiger partial charge in [0, 0.05) is 38.7 Å². The Morgan fingerprint density at radius 3 is 2.48 bits per heavy atom. The highest BCUT2D eigenvalue weighted by molar-refractivity contribution is 6.30. The number of methoxy groups -OCH3 is 1. The standard InChI is InChI=1S/C15H21ClN2O3/c1-12(19)18(9-10-21-2)8-7-17-15(20)11-13-3-5-14(16)6-4-13/h3-6H,7-11H2,1-2H3,(H,17,20). The summed E-state index contributed by atoms with van der Waals surface area (Å²) in [5, 5.41) is 3.45. The number of amides is 2. The first-order chi connectivity index (χ1) is 10.0. The quantitative estimate of drug-likeness (QED) is 0.791. The van der Waals surface area contributed by atoms with Gasteiger partial charge in [0.05, 0.1) is 13.0 Å². The van der Waals surface area contributed by atoms with Gasteiger partial charge in [-0.1, -0.05) is 23.7 Å². The highest BCUT2D eigenvalue weighted by Crippen LogP contribution is 2.09. The van der Waals surface area contributed by atoms with E-state index < -0.39 is 0 Å². The first-order valence-corrected chi connectivity index (χ1v) is 7.16. The largest absolute Gasteiger partial charge is 0.383 e. The lowest BCUT2D eigenvalue weighted by Crippen LogP contribution is -2.39. The Bertz CT molecular complexity index is 462. The summed E-state index contributed by atoms with van der Waals surface area (Å²) in [4.78, 5) is 24.8. The van der Waals surface area contributed by atoms with Crippen LogP contribution in [0.2, 0.25) is 5.02 Å². The highest BCUT2D eigenvalue weighted by Gasteiger charge is 2.09. The Kier molecular flexibility index (Phi) is 7.79. The lowest BCUT2D eigenvalue weighted by atomic mass is 10.1. The molecule has 0 unspecified atom stereocenters. The van der Waals surface area contributed by atoms with Crippen molar-refractivity contribution in [2.75, 3.05) is 33.4 Å². The van der Waals surface area contributed by atoms with Crippen LogP contribution in [0.3, 0.4) is 0 Å². The minimum Gasteiger partial charge on any atom is -0.383 e. The number of ether oxygens (including phenoxy) is 1. The van der Waals surface area contributed by atoms with Crippen molar-refractivity contribution < 1.29 is 14.3 Å². The summed E-state index contributed by atoms with van der Waals surface area (Å²) < 4.78 is 4.95. The summed E-state index contributed by atoms with van der Waals surface area (Å²) in [5.74, 6) is -0.105. The molecule has 0 radical (unpaired) electrons. The fraction of sp³-hybridized carbons (Fsp3) is 0.467. The summed E-state index contributed by atoms with van der Waals surface area (Å²) in [6, 6.07) is 7.16. The number of rotatable bonds is 8. The summed E-state index contributed by atoms with van der Waals surface area (Å²) in [6.45, 7) is 3.42. The van der Waals surface area contributed by atoms with E-state index in [9.17, 15) is 9.59 Å². The number of carbonyl (C=O) groups is 2. The molecular weight excluding hydrogens is 292 g/mol. The van der Waals surface area contributed by atoms with E-state index in [1.54, 1.807) is 24.1 Å². The number of hydrogen-bond acceptors (Lipinski definition) is 3. The van der Waals surface area contributed by atoms with Crippen LogP contribution in [0.5, 0.6) is 0 Å². The fourth-order valence-electron chi connectivity index (χ4n) is 1.81. The van der Waals surface area contributed by atoms with Crippen molar-refractivity contribution in [1.82, 2.24) is 10.2 Å². The lowest BCUT2D eigenvalue weighted by molar-refractivity contribution is -0.130. The molecule has 0 aliphatic carbocycles.